The summed E-state index contributed by atoms with van der Waals surface area (Å²) in [4.78, 5) is 15.9. The van der Waals surface area contributed by atoms with Crippen LogP contribution in [0.1, 0.15) is 0 Å². The van der Waals surface area contributed by atoms with E-state index in [1.165, 1.54) is 0 Å². The highest BCUT2D eigenvalue weighted by atomic mass is 32.1. The van der Waals surface area contributed by atoms with Gasteiger partial charge in [-0.1, -0.05) is 30.3 Å². The van der Waals surface area contributed by atoms with Crippen LogP contribution < -0.4 is 5.43 Å². The summed E-state index contributed by atoms with van der Waals surface area (Å²) in [5.74, 6) is 0. The second kappa shape index (κ2) is 3.61. The van der Waals surface area contributed by atoms with Gasteiger partial charge in [-0.15, -0.1) is 11.3 Å². The lowest BCUT2D eigenvalue weighted by Gasteiger charge is -1.97. The minimum atomic E-state index is 0.0776. The number of fused-ring (bicyclic) bond motifs is 1. The molecule has 78 valence electrons. The molecule has 0 amide bonds. The number of pyridine rings is 1. The second-order valence-electron chi connectivity index (χ2n) is 3.56. The van der Waals surface area contributed by atoms with Gasteiger partial charge in [0, 0.05) is 23.2 Å². The Morgan fingerprint density at radius 1 is 1.06 bits per heavy atom. The zero-order valence-corrected chi connectivity index (χ0v) is 9.25. The highest BCUT2D eigenvalue weighted by molar-refractivity contribution is 7.17. The van der Waals surface area contributed by atoms with E-state index < -0.39 is 0 Å². The van der Waals surface area contributed by atoms with Gasteiger partial charge in [-0.05, 0) is 5.56 Å². The summed E-state index contributed by atoms with van der Waals surface area (Å²) in [6.07, 6.45) is 1.69. The summed E-state index contributed by atoms with van der Waals surface area (Å²) in [6, 6.07) is 11.6. The van der Waals surface area contributed by atoms with Crippen LogP contribution in [-0.2, 0) is 0 Å². The van der Waals surface area contributed by atoms with Crippen molar-refractivity contribution in [3.8, 4) is 11.1 Å². The Hall–Kier alpha value is -1.87. The topological polar surface area (TPSA) is 32.9 Å². The van der Waals surface area contributed by atoms with Crippen LogP contribution in [0.15, 0.2) is 52.8 Å². The molecule has 16 heavy (non-hydrogen) atoms. The molecule has 0 bridgehead atoms. The van der Waals surface area contributed by atoms with Crippen LogP contribution in [0.2, 0.25) is 0 Å². The molecule has 0 aliphatic carbocycles. The first-order valence-electron chi connectivity index (χ1n) is 5.00. The van der Waals surface area contributed by atoms with Gasteiger partial charge >= 0.3 is 0 Å². The van der Waals surface area contributed by atoms with Gasteiger partial charge in [-0.2, -0.15) is 0 Å². The third-order valence-corrected chi connectivity index (χ3v) is 3.48. The number of aromatic amines is 1. The number of H-pyrrole nitrogens is 1. The molecule has 3 heteroatoms. The predicted molar refractivity (Wildman–Crippen MR) is 67.9 cm³/mol. The molecule has 2 aromatic heterocycles. The van der Waals surface area contributed by atoms with E-state index in [9.17, 15) is 4.79 Å². The van der Waals surface area contributed by atoms with E-state index in [1.807, 2.05) is 35.7 Å². The first kappa shape index (κ1) is 9.36. The molecule has 3 aromatic rings. The van der Waals surface area contributed by atoms with Crippen LogP contribution in [0.5, 0.6) is 0 Å². The Kier molecular flexibility index (Phi) is 2.11. The predicted octanol–water partition coefficient (Wildman–Crippen LogP) is 3.26. The number of aromatic nitrogens is 1. The smallest absolute Gasteiger partial charge is 0.190 e. The lowest BCUT2D eigenvalue weighted by molar-refractivity contribution is 1.42. The van der Waals surface area contributed by atoms with Gasteiger partial charge in [-0.25, -0.2) is 0 Å². The molecule has 0 spiro atoms. The lowest BCUT2D eigenvalue weighted by atomic mass is 10.1. The van der Waals surface area contributed by atoms with Crippen LogP contribution in [0.4, 0.5) is 0 Å². The molecule has 0 saturated heterocycles. The van der Waals surface area contributed by atoms with E-state index in [-0.39, 0.29) is 5.43 Å². The van der Waals surface area contributed by atoms with Crippen molar-refractivity contribution in [1.29, 1.82) is 0 Å². The molecule has 0 aliphatic heterocycles. The molecular formula is C13H9NOS. The molecule has 0 saturated carbocycles. The maximum atomic E-state index is 11.8. The Morgan fingerprint density at radius 3 is 2.69 bits per heavy atom. The zero-order chi connectivity index (χ0) is 11.0. The Balaban J connectivity index is 2.38. The fraction of sp³-hybridized carbons (Fsp3) is 0. The van der Waals surface area contributed by atoms with Crippen LogP contribution in [0.25, 0.3) is 21.3 Å². The van der Waals surface area contributed by atoms with Crippen molar-refractivity contribution in [2.75, 3.05) is 0 Å². The standard InChI is InChI=1S/C13H9NOS/c15-11-6-7-14-13-12(11)10(8-16-13)9-4-2-1-3-5-9/h1-8H,(H,14,15). The van der Waals surface area contributed by atoms with Crippen molar-refractivity contribution in [2.24, 2.45) is 0 Å². The van der Waals surface area contributed by atoms with E-state index in [1.54, 1.807) is 23.6 Å². The maximum Gasteiger partial charge on any atom is 0.190 e. The van der Waals surface area contributed by atoms with E-state index in [2.05, 4.69) is 4.98 Å². The fourth-order valence-corrected chi connectivity index (χ4v) is 2.77. The Labute approximate surface area is 96.2 Å². The van der Waals surface area contributed by atoms with Gasteiger partial charge in [0.2, 0.25) is 0 Å². The monoisotopic (exact) mass is 227 g/mol. The number of rotatable bonds is 1. The van der Waals surface area contributed by atoms with Crippen LogP contribution in [0.3, 0.4) is 0 Å². The summed E-state index contributed by atoms with van der Waals surface area (Å²) in [7, 11) is 0. The quantitative estimate of drug-likeness (QED) is 0.680. The maximum absolute atomic E-state index is 11.8. The van der Waals surface area contributed by atoms with Crippen molar-refractivity contribution in [1.82, 2.24) is 4.98 Å². The molecule has 3 rings (SSSR count). The molecular weight excluding hydrogens is 218 g/mol. The summed E-state index contributed by atoms with van der Waals surface area (Å²) in [5.41, 5.74) is 2.18. The van der Waals surface area contributed by atoms with Crippen molar-refractivity contribution in [3.63, 3.8) is 0 Å². The number of nitrogens with one attached hydrogen (secondary N) is 1. The highest BCUT2D eigenvalue weighted by Gasteiger charge is 2.08. The average molecular weight is 227 g/mol. The van der Waals surface area contributed by atoms with Crippen molar-refractivity contribution < 1.29 is 0 Å². The van der Waals surface area contributed by atoms with Crippen molar-refractivity contribution in [2.45, 2.75) is 0 Å². The van der Waals surface area contributed by atoms with Crippen LogP contribution >= 0.6 is 11.3 Å². The summed E-state index contributed by atoms with van der Waals surface area (Å²) >= 11 is 1.57. The average Bonchev–Trinajstić information content (AvgIpc) is 2.75. The molecule has 2 nitrogen and oxygen atoms in total. The molecule has 0 aliphatic rings. The molecule has 2 heterocycles. The number of benzene rings is 1. The number of hydrogen-bond donors (Lipinski definition) is 1. The van der Waals surface area contributed by atoms with Gasteiger partial charge in [0.25, 0.3) is 0 Å². The molecule has 0 fully saturated rings. The van der Waals surface area contributed by atoms with E-state index in [0.29, 0.717) is 0 Å². The van der Waals surface area contributed by atoms with Gasteiger partial charge in [0.05, 0.1) is 5.39 Å². The minimum absolute atomic E-state index is 0.0776. The summed E-state index contributed by atoms with van der Waals surface area (Å²) < 4.78 is 0. The SMILES string of the molecule is O=c1cc[nH]c2scc(-c3ccccc3)c12. The van der Waals surface area contributed by atoms with E-state index in [4.69, 9.17) is 0 Å². The summed E-state index contributed by atoms with van der Waals surface area (Å²) in [5, 5.41) is 2.82. The molecule has 0 unspecified atom stereocenters. The Morgan fingerprint density at radius 2 is 1.88 bits per heavy atom. The third kappa shape index (κ3) is 1.37. The van der Waals surface area contributed by atoms with Crippen LogP contribution in [0, 0.1) is 0 Å². The van der Waals surface area contributed by atoms with E-state index in [0.717, 1.165) is 21.3 Å². The van der Waals surface area contributed by atoms with Crippen molar-refractivity contribution in [3.05, 3.63) is 58.2 Å². The fourth-order valence-electron chi connectivity index (χ4n) is 1.82. The van der Waals surface area contributed by atoms with E-state index >= 15 is 0 Å². The first-order valence-corrected chi connectivity index (χ1v) is 5.88. The molecule has 0 atom stereocenters. The third-order valence-electron chi connectivity index (χ3n) is 2.57. The normalized spacial score (nSPS) is 10.8. The first-order chi connectivity index (χ1) is 7.86. The lowest BCUT2D eigenvalue weighted by Crippen LogP contribution is -1.98. The highest BCUT2D eigenvalue weighted by Crippen LogP contribution is 2.30. The van der Waals surface area contributed by atoms with Gasteiger partial charge in [0.1, 0.15) is 4.83 Å². The van der Waals surface area contributed by atoms with Crippen molar-refractivity contribution >= 4 is 21.6 Å². The Bertz CT molecular complexity index is 682. The minimum Gasteiger partial charge on any atom is -0.353 e. The van der Waals surface area contributed by atoms with Gasteiger partial charge in [0.15, 0.2) is 5.43 Å². The van der Waals surface area contributed by atoms with Gasteiger partial charge in [-0.3, -0.25) is 4.79 Å². The largest absolute Gasteiger partial charge is 0.353 e. The zero-order valence-electron chi connectivity index (χ0n) is 8.44. The van der Waals surface area contributed by atoms with Crippen LogP contribution in [-0.4, -0.2) is 4.98 Å². The number of thiophene rings is 1. The molecule has 1 aromatic carbocycles. The molecule has 0 radical (unpaired) electrons. The second-order valence-corrected chi connectivity index (χ2v) is 4.44. The molecule has 1 N–H and O–H groups in total. The van der Waals surface area contributed by atoms with Gasteiger partial charge < -0.3 is 4.98 Å². The summed E-state index contributed by atoms with van der Waals surface area (Å²) in [6.45, 7) is 0. The number of hydrogen-bond acceptors (Lipinski definition) is 2.